The van der Waals surface area contributed by atoms with Gasteiger partial charge in [0, 0.05) is 12.6 Å². The summed E-state index contributed by atoms with van der Waals surface area (Å²) in [6.45, 7) is 4.50. The number of carbonyl (C=O) groups is 1. The molecule has 0 spiro atoms. The molecule has 0 aliphatic rings. The van der Waals surface area contributed by atoms with Crippen molar-refractivity contribution in [1.29, 1.82) is 0 Å². The van der Waals surface area contributed by atoms with Gasteiger partial charge in [-0.25, -0.2) is 0 Å². The number of thiophene rings is 1. The topological polar surface area (TPSA) is 40.5 Å². The predicted octanol–water partition coefficient (Wildman–Crippen LogP) is 2.29. The van der Waals surface area contributed by atoms with Gasteiger partial charge in [-0.1, -0.05) is 6.92 Å². The molecule has 3 nitrogen and oxygen atoms in total. The van der Waals surface area contributed by atoms with Gasteiger partial charge in [0.25, 0.3) is 0 Å². The van der Waals surface area contributed by atoms with Crippen LogP contribution >= 0.6 is 11.3 Å². The normalized spacial score (nSPS) is 15.2. The van der Waals surface area contributed by atoms with Crippen LogP contribution in [-0.4, -0.2) is 29.1 Å². The zero-order valence-electron chi connectivity index (χ0n) is 9.30. The highest BCUT2D eigenvalue weighted by molar-refractivity contribution is 7.07. The average Bonchev–Trinajstić information content (AvgIpc) is 2.67. The van der Waals surface area contributed by atoms with Crippen LogP contribution < -0.4 is 0 Å². The lowest BCUT2D eigenvalue weighted by atomic mass is 10.0. The van der Waals surface area contributed by atoms with Crippen LogP contribution in [0.3, 0.4) is 0 Å². The van der Waals surface area contributed by atoms with E-state index in [0.29, 0.717) is 0 Å². The minimum Gasteiger partial charge on any atom is -0.481 e. The lowest BCUT2D eigenvalue weighted by Gasteiger charge is -2.27. The van der Waals surface area contributed by atoms with Crippen molar-refractivity contribution < 1.29 is 9.90 Å². The second-order valence-electron chi connectivity index (χ2n) is 3.91. The maximum absolute atomic E-state index is 10.8. The van der Waals surface area contributed by atoms with Crippen molar-refractivity contribution in [2.45, 2.75) is 26.4 Å². The maximum Gasteiger partial charge on any atom is 0.307 e. The Hall–Kier alpha value is -0.870. The van der Waals surface area contributed by atoms with Gasteiger partial charge in [-0.15, -0.1) is 0 Å². The van der Waals surface area contributed by atoms with E-state index in [0.717, 1.165) is 6.54 Å². The summed E-state index contributed by atoms with van der Waals surface area (Å²) in [5.41, 5.74) is 1.24. The average molecular weight is 227 g/mol. The van der Waals surface area contributed by atoms with Crippen LogP contribution in [0.5, 0.6) is 0 Å². The number of aliphatic carboxylic acids is 1. The molecule has 0 aromatic carbocycles. The fourth-order valence-electron chi connectivity index (χ4n) is 1.40. The third kappa shape index (κ3) is 3.32. The number of carboxylic acids is 1. The molecular formula is C11H17NO2S. The molecule has 0 saturated heterocycles. The zero-order chi connectivity index (χ0) is 11.4. The number of hydrogen-bond acceptors (Lipinski definition) is 3. The molecule has 1 aromatic heterocycles. The molecule has 1 heterocycles. The van der Waals surface area contributed by atoms with Crippen molar-refractivity contribution in [3.05, 3.63) is 22.4 Å². The van der Waals surface area contributed by atoms with Gasteiger partial charge >= 0.3 is 5.97 Å². The van der Waals surface area contributed by atoms with Crippen molar-refractivity contribution in [2.24, 2.45) is 5.92 Å². The van der Waals surface area contributed by atoms with Crippen molar-refractivity contribution in [3.63, 3.8) is 0 Å². The van der Waals surface area contributed by atoms with Crippen LogP contribution in [0.25, 0.3) is 0 Å². The van der Waals surface area contributed by atoms with Gasteiger partial charge < -0.3 is 5.11 Å². The van der Waals surface area contributed by atoms with E-state index >= 15 is 0 Å². The summed E-state index contributed by atoms with van der Waals surface area (Å²) in [4.78, 5) is 12.9. The summed E-state index contributed by atoms with van der Waals surface area (Å²) in [6.07, 6.45) is 0. The Labute approximate surface area is 94.3 Å². The molecule has 0 saturated carbocycles. The number of rotatable bonds is 5. The highest BCUT2D eigenvalue weighted by Crippen LogP contribution is 2.14. The molecule has 0 amide bonds. The van der Waals surface area contributed by atoms with Gasteiger partial charge in [0.1, 0.15) is 0 Å². The van der Waals surface area contributed by atoms with Crippen LogP contribution in [0.2, 0.25) is 0 Å². The first-order valence-electron chi connectivity index (χ1n) is 4.96. The Morgan fingerprint density at radius 1 is 1.60 bits per heavy atom. The van der Waals surface area contributed by atoms with Crippen LogP contribution in [0.1, 0.15) is 19.4 Å². The maximum atomic E-state index is 10.8. The molecule has 4 heteroatoms. The van der Waals surface area contributed by atoms with Crippen molar-refractivity contribution in [2.75, 3.05) is 7.05 Å². The van der Waals surface area contributed by atoms with Crippen molar-refractivity contribution in [1.82, 2.24) is 4.90 Å². The highest BCUT2D eigenvalue weighted by Gasteiger charge is 2.22. The van der Waals surface area contributed by atoms with Gasteiger partial charge in [-0.05, 0) is 36.4 Å². The lowest BCUT2D eigenvalue weighted by molar-refractivity contribution is -0.143. The Bertz CT molecular complexity index is 310. The SMILES string of the molecule is CC(C(=O)O)C(C)N(C)Cc1ccsc1. The third-order valence-electron chi connectivity index (χ3n) is 2.82. The van der Waals surface area contributed by atoms with Gasteiger partial charge in [0.2, 0.25) is 0 Å². The van der Waals surface area contributed by atoms with Gasteiger partial charge in [-0.2, -0.15) is 11.3 Å². The van der Waals surface area contributed by atoms with Crippen molar-refractivity contribution in [3.8, 4) is 0 Å². The summed E-state index contributed by atoms with van der Waals surface area (Å²) in [5.74, 6) is -1.08. The second-order valence-corrected chi connectivity index (χ2v) is 4.69. The van der Waals surface area contributed by atoms with Crippen LogP contribution in [0.4, 0.5) is 0 Å². The highest BCUT2D eigenvalue weighted by atomic mass is 32.1. The van der Waals surface area contributed by atoms with Crippen LogP contribution in [-0.2, 0) is 11.3 Å². The Kier molecular flexibility index (Phi) is 4.29. The first kappa shape index (κ1) is 12.2. The molecule has 0 fully saturated rings. The first-order valence-corrected chi connectivity index (χ1v) is 5.90. The minimum atomic E-state index is -0.736. The largest absolute Gasteiger partial charge is 0.481 e. The van der Waals surface area contributed by atoms with Crippen LogP contribution in [0.15, 0.2) is 16.8 Å². The van der Waals surface area contributed by atoms with E-state index in [2.05, 4.69) is 16.3 Å². The lowest BCUT2D eigenvalue weighted by Crippen LogP contribution is -2.37. The van der Waals surface area contributed by atoms with Crippen molar-refractivity contribution >= 4 is 17.3 Å². The molecule has 1 aromatic rings. The Morgan fingerprint density at radius 3 is 2.73 bits per heavy atom. The van der Waals surface area contributed by atoms with E-state index in [1.807, 2.05) is 19.4 Å². The standard InChI is InChI=1S/C11H17NO2S/c1-8(11(13)14)9(2)12(3)6-10-4-5-15-7-10/h4-5,7-9H,6H2,1-3H3,(H,13,14). The summed E-state index contributed by atoms with van der Waals surface area (Å²) in [6, 6.07) is 2.11. The molecule has 0 aliphatic carbocycles. The molecule has 2 unspecified atom stereocenters. The number of nitrogens with zero attached hydrogens (tertiary/aromatic N) is 1. The minimum absolute atomic E-state index is 0.0439. The molecule has 1 N–H and O–H groups in total. The molecule has 15 heavy (non-hydrogen) atoms. The fraction of sp³-hybridized carbons (Fsp3) is 0.545. The molecule has 0 aliphatic heterocycles. The van der Waals surface area contributed by atoms with E-state index in [9.17, 15) is 4.79 Å². The summed E-state index contributed by atoms with van der Waals surface area (Å²) in [5, 5.41) is 13.0. The molecule has 0 bridgehead atoms. The van der Waals surface area contributed by atoms with Gasteiger partial charge in [0.15, 0.2) is 0 Å². The van der Waals surface area contributed by atoms with E-state index in [1.165, 1.54) is 5.56 Å². The number of hydrogen-bond donors (Lipinski definition) is 1. The predicted molar refractivity (Wildman–Crippen MR) is 62.0 cm³/mol. The summed E-state index contributed by atoms with van der Waals surface area (Å²) in [7, 11) is 1.96. The van der Waals surface area contributed by atoms with E-state index in [-0.39, 0.29) is 12.0 Å². The van der Waals surface area contributed by atoms with E-state index in [4.69, 9.17) is 5.11 Å². The second kappa shape index (κ2) is 5.28. The third-order valence-corrected chi connectivity index (χ3v) is 3.55. The quantitative estimate of drug-likeness (QED) is 0.839. The Morgan fingerprint density at radius 2 is 2.27 bits per heavy atom. The smallest absolute Gasteiger partial charge is 0.307 e. The Balaban J connectivity index is 2.53. The monoisotopic (exact) mass is 227 g/mol. The van der Waals surface area contributed by atoms with E-state index < -0.39 is 5.97 Å². The first-order chi connectivity index (χ1) is 7.02. The summed E-state index contributed by atoms with van der Waals surface area (Å²) < 4.78 is 0. The van der Waals surface area contributed by atoms with E-state index in [1.54, 1.807) is 18.3 Å². The van der Waals surface area contributed by atoms with Gasteiger partial charge in [-0.3, -0.25) is 9.69 Å². The van der Waals surface area contributed by atoms with Crippen LogP contribution in [0, 0.1) is 5.92 Å². The molecular weight excluding hydrogens is 210 g/mol. The fourth-order valence-corrected chi connectivity index (χ4v) is 2.06. The molecule has 2 atom stereocenters. The molecule has 0 radical (unpaired) electrons. The number of carboxylic acid groups (broad SMARTS) is 1. The zero-order valence-corrected chi connectivity index (χ0v) is 10.1. The molecule has 84 valence electrons. The summed E-state index contributed by atoms with van der Waals surface area (Å²) >= 11 is 1.67. The van der Waals surface area contributed by atoms with Gasteiger partial charge in [0.05, 0.1) is 5.92 Å². The molecule has 1 rings (SSSR count).